The molecule has 0 radical (unpaired) electrons. The van der Waals surface area contributed by atoms with Crippen molar-refractivity contribution in [1.29, 1.82) is 0 Å². The lowest BCUT2D eigenvalue weighted by molar-refractivity contribution is 0.832. The molecule has 0 aliphatic rings. The summed E-state index contributed by atoms with van der Waals surface area (Å²) in [6, 6.07) is 3.60. The second-order valence-electron chi connectivity index (χ2n) is 3.34. The molecule has 0 bridgehead atoms. The zero-order valence-electron chi connectivity index (χ0n) is 8.53. The van der Waals surface area contributed by atoms with Crippen molar-refractivity contribution in [3.8, 4) is 5.69 Å². The van der Waals surface area contributed by atoms with Crippen LogP contribution in [0.25, 0.3) is 5.69 Å². The summed E-state index contributed by atoms with van der Waals surface area (Å²) in [5.74, 6) is 0.469. The largest absolute Gasteiger partial charge is 0.384 e. The maximum Gasteiger partial charge on any atom is 0.125 e. The number of aromatic nitrogens is 3. The second kappa shape index (κ2) is 3.55. The van der Waals surface area contributed by atoms with Gasteiger partial charge in [0.05, 0.1) is 22.1 Å². The zero-order valence-corrected chi connectivity index (χ0v) is 9.28. The van der Waals surface area contributed by atoms with Gasteiger partial charge >= 0.3 is 0 Å². The van der Waals surface area contributed by atoms with Crippen LogP contribution in [0.1, 0.15) is 11.4 Å². The van der Waals surface area contributed by atoms with Crippen molar-refractivity contribution in [1.82, 2.24) is 14.8 Å². The topological polar surface area (TPSA) is 56.7 Å². The Morgan fingerprint density at radius 1 is 1.40 bits per heavy atom. The number of nitrogen functional groups attached to an aromatic ring is 1. The van der Waals surface area contributed by atoms with E-state index in [0.29, 0.717) is 10.8 Å². The van der Waals surface area contributed by atoms with Crippen LogP contribution in [0.15, 0.2) is 18.3 Å². The van der Waals surface area contributed by atoms with E-state index >= 15 is 0 Å². The first-order valence-electron chi connectivity index (χ1n) is 4.53. The monoisotopic (exact) mass is 222 g/mol. The normalized spacial score (nSPS) is 10.6. The summed E-state index contributed by atoms with van der Waals surface area (Å²) in [5.41, 5.74) is 8.19. The SMILES string of the molecule is Cc1nn(-c2ccnc(N)c2)c(C)c1Cl. The van der Waals surface area contributed by atoms with Gasteiger partial charge in [-0.1, -0.05) is 11.6 Å². The molecule has 0 spiro atoms. The smallest absolute Gasteiger partial charge is 0.125 e. The standard InChI is InChI=1S/C10H11ClN4/c1-6-10(11)7(2)15(14-6)8-3-4-13-9(12)5-8/h3-5H,1-2H3,(H2,12,13). The first-order valence-corrected chi connectivity index (χ1v) is 4.91. The summed E-state index contributed by atoms with van der Waals surface area (Å²) in [5, 5.41) is 5.01. The van der Waals surface area contributed by atoms with E-state index in [4.69, 9.17) is 17.3 Å². The molecule has 0 fully saturated rings. The number of halogens is 1. The maximum atomic E-state index is 6.06. The van der Waals surface area contributed by atoms with E-state index in [9.17, 15) is 0 Å². The van der Waals surface area contributed by atoms with Gasteiger partial charge in [-0.3, -0.25) is 0 Å². The van der Waals surface area contributed by atoms with E-state index in [2.05, 4.69) is 10.1 Å². The molecule has 78 valence electrons. The first-order chi connectivity index (χ1) is 7.09. The van der Waals surface area contributed by atoms with Gasteiger partial charge in [0.15, 0.2) is 0 Å². The van der Waals surface area contributed by atoms with Gasteiger partial charge in [0.1, 0.15) is 5.82 Å². The summed E-state index contributed by atoms with van der Waals surface area (Å²) < 4.78 is 1.76. The Morgan fingerprint density at radius 3 is 2.67 bits per heavy atom. The molecule has 15 heavy (non-hydrogen) atoms. The number of nitrogens with zero attached hydrogens (tertiary/aromatic N) is 3. The molecule has 2 aromatic rings. The third-order valence-electron chi connectivity index (χ3n) is 2.21. The number of nitrogens with two attached hydrogens (primary N) is 1. The predicted molar refractivity (Wildman–Crippen MR) is 60.3 cm³/mol. The van der Waals surface area contributed by atoms with Gasteiger partial charge in [-0.05, 0) is 19.9 Å². The highest BCUT2D eigenvalue weighted by molar-refractivity contribution is 6.31. The third kappa shape index (κ3) is 1.68. The highest BCUT2D eigenvalue weighted by Gasteiger charge is 2.10. The first kappa shape index (κ1) is 9.98. The molecule has 0 saturated heterocycles. The molecule has 5 heteroatoms. The van der Waals surface area contributed by atoms with Crippen LogP contribution in [0.3, 0.4) is 0 Å². The lowest BCUT2D eigenvalue weighted by Crippen LogP contribution is -2.00. The van der Waals surface area contributed by atoms with E-state index in [1.807, 2.05) is 19.9 Å². The molecule has 0 atom stereocenters. The Morgan fingerprint density at radius 2 is 2.13 bits per heavy atom. The van der Waals surface area contributed by atoms with Crippen molar-refractivity contribution < 1.29 is 0 Å². The summed E-state index contributed by atoms with van der Waals surface area (Å²) in [6.45, 7) is 3.79. The molecule has 2 aromatic heterocycles. The number of hydrogen-bond acceptors (Lipinski definition) is 3. The maximum absolute atomic E-state index is 6.06. The minimum absolute atomic E-state index is 0.469. The van der Waals surface area contributed by atoms with Crippen molar-refractivity contribution in [2.75, 3.05) is 5.73 Å². The highest BCUT2D eigenvalue weighted by Crippen LogP contribution is 2.22. The molecule has 0 aromatic carbocycles. The molecule has 0 aliphatic heterocycles. The number of rotatable bonds is 1. The van der Waals surface area contributed by atoms with Gasteiger partial charge in [-0.25, -0.2) is 9.67 Å². The zero-order chi connectivity index (χ0) is 11.0. The van der Waals surface area contributed by atoms with E-state index in [0.717, 1.165) is 17.1 Å². The Balaban J connectivity index is 2.59. The fourth-order valence-corrected chi connectivity index (χ4v) is 1.56. The molecular formula is C10H11ClN4. The van der Waals surface area contributed by atoms with Gasteiger partial charge in [0, 0.05) is 12.3 Å². The molecule has 0 amide bonds. The Bertz CT molecular complexity index is 504. The van der Waals surface area contributed by atoms with E-state index < -0.39 is 0 Å². The lowest BCUT2D eigenvalue weighted by atomic mass is 10.3. The summed E-state index contributed by atoms with van der Waals surface area (Å²) in [4.78, 5) is 3.93. The average molecular weight is 223 g/mol. The Hall–Kier alpha value is -1.55. The van der Waals surface area contributed by atoms with Gasteiger partial charge in [-0.15, -0.1) is 0 Å². The second-order valence-corrected chi connectivity index (χ2v) is 3.71. The van der Waals surface area contributed by atoms with E-state index in [-0.39, 0.29) is 0 Å². The molecule has 0 saturated carbocycles. The third-order valence-corrected chi connectivity index (χ3v) is 2.76. The van der Waals surface area contributed by atoms with Gasteiger partial charge in [0.2, 0.25) is 0 Å². The molecule has 2 heterocycles. The quantitative estimate of drug-likeness (QED) is 0.804. The minimum Gasteiger partial charge on any atom is -0.384 e. The molecule has 2 rings (SSSR count). The van der Waals surface area contributed by atoms with Crippen LogP contribution in [0.2, 0.25) is 5.02 Å². The predicted octanol–water partition coefficient (Wildman–Crippen LogP) is 2.12. The Kier molecular flexibility index (Phi) is 2.36. The number of anilines is 1. The van der Waals surface area contributed by atoms with Crippen molar-refractivity contribution in [3.05, 3.63) is 34.7 Å². The van der Waals surface area contributed by atoms with Crippen LogP contribution in [-0.4, -0.2) is 14.8 Å². The number of aryl methyl sites for hydroxylation is 1. The van der Waals surface area contributed by atoms with Crippen LogP contribution in [-0.2, 0) is 0 Å². The van der Waals surface area contributed by atoms with Crippen LogP contribution >= 0.6 is 11.6 Å². The van der Waals surface area contributed by atoms with E-state index in [1.165, 1.54) is 0 Å². The molecule has 0 unspecified atom stereocenters. The Labute approximate surface area is 92.7 Å². The molecular weight excluding hydrogens is 212 g/mol. The molecule has 0 aliphatic carbocycles. The van der Waals surface area contributed by atoms with Gasteiger partial charge in [-0.2, -0.15) is 5.10 Å². The van der Waals surface area contributed by atoms with Gasteiger partial charge in [0.25, 0.3) is 0 Å². The van der Waals surface area contributed by atoms with Crippen molar-refractivity contribution in [3.63, 3.8) is 0 Å². The van der Waals surface area contributed by atoms with E-state index in [1.54, 1.807) is 16.9 Å². The number of hydrogen-bond donors (Lipinski definition) is 1. The van der Waals surface area contributed by atoms with Crippen LogP contribution in [0, 0.1) is 13.8 Å². The average Bonchev–Trinajstić information content (AvgIpc) is 2.46. The molecule has 4 nitrogen and oxygen atoms in total. The van der Waals surface area contributed by atoms with Crippen LogP contribution < -0.4 is 5.73 Å². The summed E-state index contributed by atoms with van der Waals surface area (Å²) in [6.07, 6.45) is 1.65. The lowest BCUT2D eigenvalue weighted by Gasteiger charge is -2.04. The fraction of sp³-hybridized carbons (Fsp3) is 0.200. The van der Waals surface area contributed by atoms with Crippen LogP contribution in [0.5, 0.6) is 0 Å². The summed E-state index contributed by atoms with van der Waals surface area (Å²) in [7, 11) is 0. The highest BCUT2D eigenvalue weighted by atomic mass is 35.5. The minimum atomic E-state index is 0.469. The fourth-order valence-electron chi connectivity index (χ4n) is 1.44. The van der Waals surface area contributed by atoms with Crippen molar-refractivity contribution in [2.24, 2.45) is 0 Å². The van der Waals surface area contributed by atoms with Crippen molar-refractivity contribution >= 4 is 17.4 Å². The van der Waals surface area contributed by atoms with Crippen molar-refractivity contribution in [2.45, 2.75) is 13.8 Å². The van der Waals surface area contributed by atoms with Gasteiger partial charge < -0.3 is 5.73 Å². The van der Waals surface area contributed by atoms with Crippen LogP contribution in [0.4, 0.5) is 5.82 Å². The number of pyridine rings is 1. The summed E-state index contributed by atoms with van der Waals surface area (Å²) >= 11 is 6.06. The molecule has 2 N–H and O–H groups in total.